The second kappa shape index (κ2) is 9.56. The fourth-order valence-electron chi connectivity index (χ4n) is 1.83. The van der Waals surface area contributed by atoms with Crippen LogP contribution >= 0.6 is 0 Å². The van der Waals surface area contributed by atoms with Gasteiger partial charge in [0.15, 0.2) is 0 Å². The van der Waals surface area contributed by atoms with Crippen molar-refractivity contribution in [2.45, 2.75) is 45.6 Å². The second-order valence-electron chi connectivity index (χ2n) is 4.95. The standard InChI is InChI=1S/C16H26N2O/c1-3-14(2)17-13-11-16(19)18-12-7-10-15-8-5-4-6-9-15/h4-6,8-9,14,17H,3,7,10-13H2,1-2H3,(H,18,19). The summed E-state index contributed by atoms with van der Waals surface area (Å²) < 4.78 is 0. The van der Waals surface area contributed by atoms with Crippen LogP contribution < -0.4 is 10.6 Å². The number of carbonyl (C=O) groups is 1. The molecule has 1 aromatic rings. The monoisotopic (exact) mass is 262 g/mol. The van der Waals surface area contributed by atoms with Crippen molar-refractivity contribution in [2.75, 3.05) is 13.1 Å². The average Bonchev–Trinajstić information content (AvgIpc) is 2.44. The Morgan fingerprint density at radius 3 is 2.63 bits per heavy atom. The molecule has 0 aliphatic heterocycles. The maximum atomic E-state index is 11.6. The van der Waals surface area contributed by atoms with E-state index < -0.39 is 0 Å². The first-order valence-electron chi connectivity index (χ1n) is 7.26. The van der Waals surface area contributed by atoms with Gasteiger partial charge in [0.25, 0.3) is 0 Å². The van der Waals surface area contributed by atoms with Gasteiger partial charge in [-0.15, -0.1) is 0 Å². The lowest BCUT2D eigenvalue weighted by molar-refractivity contribution is -0.121. The molecular formula is C16H26N2O. The third kappa shape index (κ3) is 7.62. The van der Waals surface area contributed by atoms with E-state index in [4.69, 9.17) is 0 Å². The van der Waals surface area contributed by atoms with Gasteiger partial charge in [-0.2, -0.15) is 0 Å². The summed E-state index contributed by atoms with van der Waals surface area (Å²) in [6.45, 7) is 5.80. The van der Waals surface area contributed by atoms with Crippen LogP contribution in [0.1, 0.15) is 38.7 Å². The third-order valence-electron chi connectivity index (χ3n) is 3.26. The summed E-state index contributed by atoms with van der Waals surface area (Å²) in [7, 11) is 0. The highest BCUT2D eigenvalue weighted by atomic mass is 16.1. The topological polar surface area (TPSA) is 41.1 Å². The summed E-state index contributed by atoms with van der Waals surface area (Å²) in [4.78, 5) is 11.6. The first-order chi connectivity index (χ1) is 9.22. The van der Waals surface area contributed by atoms with Gasteiger partial charge in [-0.25, -0.2) is 0 Å². The van der Waals surface area contributed by atoms with Crippen LogP contribution in [0.25, 0.3) is 0 Å². The quantitative estimate of drug-likeness (QED) is 0.671. The van der Waals surface area contributed by atoms with Gasteiger partial charge in [-0.3, -0.25) is 4.79 Å². The summed E-state index contributed by atoms with van der Waals surface area (Å²) in [5.74, 6) is 0.142. The van der Waals surface area contributed by atoms with Gasteiger partial charge in [0.1, 0.15) is 0 Å². The molecule has 0 spiro atoms. The highest BCUT2D eigenvalue weighted by Crippen LogP contribution is 2.01. The molecule has 1 atom stereocenters. The van der Waals surface area contributed by atoms with Crippen LogP contribution in [0.2, 0.25) is 0 Å². The molecule has 0 fully saturated rings. The van der Waals surface area contributed by atoms with Gasteiger partial charge in [0.2, 0.25) is 5.91 Å². The summed E-state index contributed by atoms with van der Waals surface area (Å²) in [5, 5.41) is 6.28. The molecule has 3 heteroatoms. The maximum Gasteiger partial charge on any atom is 0.221 e. The first-order valence-corrected chi connectivity index (χ1v) is 7.26. The number of amides is 1. The largest absolute Gasteiger partial charge is 0.356 e. The fourth-order valence-corrected chi connectivity index (χ4v) is 1.83. The minimum Gasteiger partial charge on any atom is -0.356 e. The smallest absolute Gasteiger partial charge is 0.221 e. The van der Waals surface area contributed by atoms with Crippen molar-refractivity contribution in [3.8, 4) is 0 Å². The average molecular weight is 262 g/mol. The maximum absolute atomic E-state index is 11.6. The van der Waals surface area contributed by atoms with E-state index in [0.717, 1.165) is 32.4 Å². The van der Waals surface area contributed by atoms with Crippen molar-refractivity contribution < 1.29 is 4.79 Å². The Bertz CT molecular complexity index is 351. The summed E-state index contributed by atoms with van der Waals surface area (Å²) in [6.07, 6.45) is 3.68. The highest BCUT2D eigenvalue weighted by molar-refractivity contribution is 5.75. The van der Waals surface area contributed by atoms with E-state index in [9.17, 15) is 4.79 Å². The molecule has 0 aromatic heterocycles. The highest BCUT2D eigenvalue weighted by Gasteiger charge is 2.02. The van der Waals surface area contributed by atoms with Crippen molar-refractivity contribution in [1.82, 2.24) is 10.6 Å². The number of carbonyl (C=O) groups excluding carboxylic acids is 1. The van der Waals surface area contributed by atoms with Crippen molar-refractivity contribution in [3.05, 3.63) is 35.9 Å². The van der Waals surface area contributed by atoms with Crippen LogP contribution in [0.5, 0.6) is 0 Å². The van der Waals surface area contributed by atoms with Gasteiger partial charge in [-0.05, 0) is 31.7 Å². The predicted octanol–water partition coefficient (Wildman–Crippen LogP) is 2.51. The number of aryl methyl sites for hydroxylation is 1. The summed E-state index contributed by atoms with van der Waals surface area (Å²) >= 11 is 0. The lowest BCUT2D eigenvalue weighted by Gasteiger charge is -2.11. The van der Waals surface area contributed by atoms with E-state index in [0.29, 0.717) is 12.5 Å². The Balaban J connectivity index is 2.01. The Morgan fingerprint density at radius 1 is 1.21 bits per heavy atom. The molecular weight excluding hydrogens is 236 g/mol. The zero-order valence-electron chi connectivity index (χ0n) is 12.1. The van der Waals surface area contributed by atoms with Crippen LogP contribution in [0.4, 0.5) is 0 Å². The molecule has 1 unspecified atom stereocenters. The third-order valence-corrected chi connectivity index (χ3v) is 3.26. The number of nitrogens with one attached hydrogen (secondary N) is 2. The SMILES string of the molecule is CCC(C)NCCC(=O)NCCCc1ccccc1. The summed E-state index contributed by atoms with van der Waals surface area (Å²) in [5.41, 5.74) is 1.33. The molecule has 0 aliphatic carbocycles. The van der Waals surface area contributed by atoms with Gasteiger partial charge < -0.3 is 10.6 Å². The van der Waals surface area contributed by atoms with Crippen LogP contribution in [0, 0.1) is 0 Å². The molecule has 0 saturated heterocycles. The Morgan fingerprint density at radius 2 is 1.95 bits per heavy atom. The molecule has 0 bridgehead atoms. The van der Waals surface area contributed by atoms with Gasteiger partial charge in [0, 0.05) is 25.6 Å². The second-order valence-corrected chi connectivity index (χ2v) is 4.95. The lowest BCUT2D eigenvalue weighted by atomic mass is 10.1. The fraction of sp³-hybridized carbons (Fsp3) is 0.562. The molecule has 19 heavy (non-hydrogen) atoms. The van der Waals surface area contributed by atoms with Crippen LogP contribution in [-0.2, 0) is 11.2 Å². The summed E-state index contributed by atoms with van der Waals surface area (Å²) in [6, 6.07) is 10.9. The molecule has 0 heterocycles. The molecule has 1 amide bonds. The van der Waals surface area contributed by atoms with Crippen LogP contribution in [0.15, 0.2) is 30.3 Å². The van der Waals surface area contributed by atoms with Crippen LogP contribution in [0.3, 0.4) is 0 Å². The van der Waals surface area contributed by atoms with Gasteiger partial charge in [0.05, 0.1) is 0 Å². The van der Waals surface area contributed by atoms with Gasteiger partial charge in [-0.1, -0.05) is 37.3 Å². The van der Waals surface area contributed by atoms with E-state index >= 15 is 0 Å². The molecule has 0 radical (unpaired) electrons. The molecule has 0 aliphatic rings. The molecule has 1 rings (SSSR count). The molecule has 106 valence electrons. The van der Waals surface area contributed by atoms with Crippen LogP contribution in [-0.4, -0.2) is 25.0 Å². The van der Waals surface area contributed by atoms with E-state index in [1.807, 2.05) is 6.07 Å². The Kier molecular flexibility index (Phi) is 7.91. The lowest BCUT2D eigenvalue weighted by Crippen LogP contribution is -2.32. The van der Waals surface area contributed by atoms with E-state index in [-0.39, 0.29) is 5.91 Å². The zero-order chi connectivity index (χ0) is 13.9. The van der Waals surface area contributed by atoms with Crippen molar-refractivity contribution in [2.24, 2.45) is 0 Å². The van der Waals surface area contributed by atoms with E-state index in [2.05, 4.69) is 48.7 Å². The number of rotatable bonds is 9. The Hall–Kier alpha value is -1.35. The van der Waals surface area contributed by atoms with E-state index in [1.54, 1.807) is 0 Å². The minimum atomic E-state index is 0.142. The number of hydrogen-bond donors (Lipinski definition) is 2. The molecule has 2 N–H and O–H groups in total. The normalized spacial score (nSPS) is 12.1. The Labute approximate surface area is 116 Å². The number of hydrogen-bond acceptors (Lipinski definition) is 2. The van der Waals surface area contributed by atoms with Crippen molar-refractivity contribution in [3.63, 3.8) is 0 Å². The van der Waals surface area contributed by atoms with Gasteiger partial charge >= 0.3 is 0 Å². The molecule has 3 nitrogen and oxygen atoms in total. The molecule has 0 saturated carbocycles. The number of benzene rings is 1. The molecule has 1 aromatic carbocycles. The first kappa shape index (κ1) is 15.7. The van der Waals surface area contributed by atoms with Crippen molar-refractivity contribution in [1.29, 1.82) is 0 Å². The van der Waals surface area contributed by atoms with Crippen molar-refractivity contribution >= 4 is 5.91 Å². The minimum absolute atomic E-state index is 0.142. The zero-order valence-corrected chi connectivity index (χ0v) is 12.1. The van der Waals surface area contributed by atoms with E-state index in [1.165, 1.54) is 5.56 Å². The predicted molar refractivity (Wildman–Crippen MR) is 80.1 cm³/mol.